The lowest BCUT2D eigenvalue weighted by Gasteiger charge is -2.13. The molecular weight excluding hydrogens is 395 g/mol. The molecule has 0 aliphatic carbocycles. The van der Waals surface area contributed by atoms with Crippen molar-refractivity contribution >= 4 is 22.2 Å². The van der Waals surface area contributed by atoms with Crippen molar-refractivity contribution in [1.29, 1.82) is 0 Å². The van der Waals surface area contributed by atoms with Gasteiger partial charge in [-0.25, -0.2) is 14.4 Å². The number of hydrogen-bond donors (Lipinski definition) is 0. The van der Waals surface area contributed by atoms with Crippen LogP contribution in [0.1, 0.15) is 13.8 Å². The van der Waals surface area contributed by atoms with Gasteiger partial charge in [0.15, 0.2) is 11.4 Å². The standard InChI is InChI=1S/C23H21FN6O/c1-4-29-12-26-21-19(29)9-7-15(22(21)31-3)16-10-14(6-8-18(16)24)17-11-27-28-23-20(17)25-13-30(23)5-2/h6-13H,4-5H2,1-3H3. The molecule has 0 saturated heterocycles. The molecule has 0 bridgehead atoms. The van der Waals surface area contributed by atoms with Gasteiger partial charge in [-0.2, -0.15) is 5.10 Å². The molecule has 5 aromatic rings. The van der Waals surface area contributed by atoms with E-state index in [-0.39, 0.29) is 5.82 Å². The maximum absolute atomic E-state index is 15.0. The summed E-state index contributed by atoms with van der Waals surface area (Å²) in [6.45, 7) is 5.60. The van der Waals surface area contributed by atoms with Gasteiger partial charge in [-0.15, -0.1) is 5.10 Å². The minimum atomic E-state index is -0.339. The van der Waals surface area contributed by atoms with Crippen LogP contribution in [-0.4, -0.2) is 36.4 Å². The molecule has 0 saturated carbocycles. The molecule has 0 aliphatic rings. The highest BCUT2D eigenvalue weighted by molar-refractivity contribution is 5.94. The molecule has 3 heterocycles. The predicted molar refractivity (Wildman–Crippen MR) is 117 cm³/mol. The highest BCUT2D eigenvalue weighted by atomic mass is 19.1. The van der Waals surface area contributed by atoms with Gasteiger partial charge in [-0.1, -0.05) is 6.07 Å². The van der Waals surface area contributed by atoms with Gasteiger partial charge < -0.3 is 13.9 Å². The van der Waals surface area contributed by atoms with E-state index in [0.717, 1.165) is 35.2 Å². The van der Waals surface area contributed by atoms with E-state index in [1.165, 1.54) is 6.07 Å². The average Bonchev–Trinajstić information content (AvgIpc) is 3.42. The zero-order chi connectivity index (χ0) is 21.5. The number of fused-ring (bicyclic) bond motifs is 2. The molecule has 0 spiro atoms. The summed E-state index contributed by atoms with van der Waals surface area (Å²) in [7, 11) is 1.58. The van der Waals surface area contributed by atoms with Gasteiger partial charge in [0.05, 0.1) is 31.5 Å². The number of imidazole rings is 2. The van der Waals surface area contributed by atoms with Crippen molar-refractivity contribution in [2.45, 2.75) is 26.9 Å². The Balaban J connectivity index is 1.71. The van der Waals surface area contributed by atoms with Crippen molar-refractivity contribution in [2.24, 2.45) is 0 Å². The molecule has 0 amide bonds. The molecule has 0 atom stereocenters. The molecule has 7 nitrogen and oxygen atoms in total. The van der Waals surface area contributed by atoms with E-state index in [0.29, 0.717) is 28.0 Å². The van der Waals surface area contributed by atoms with Crippen LogP contribution in [0.5, 0.6) is 5.75 Å². The van der Waals surface area contributed by atoms with Gasteiger partial charge in [-0.3, -0.25) is 0 Å². The van der Waals surface area contributed by atoms with Crippen LogP contribution in [0.4, 0.5) is 4.39 Å². The number of hydrogen-bond acceptors (Lipinski definition) is 5. The Morgan fingerprint density at radius 3 is 2.45 bits per heavy atom. The monoisotopic (exact) mass is 416 g/mol. The van der Waals surface area contributed by atoms with Gasteiger partial charge >= 0.3 is 0 Å². The molecule has 8 heteroatoms. The van der Waals surface area contributed by atoms with E-state index in [2.05, 4.69) is 20.2 Å². The largest absolute Gasteiger partial charge is 0.494 e. The first-order chi connectivity index (χ1) is 15.2. The lowest BCUT2D eigenvalue weighted by atomic mass is 9.98. The molecule has 0 unspecified atom stereocenters. The van der Waals surface area contributed by atoms with Crippen LogP contribution in [0.3, 0.4) is 0 Å². The molecular formula is C23H21FN6O. The summed E-state index contributed by atoms with van der Waals surface area (Å²) in [6, 6.07) is 8.82. The van der Waals surface area contributed by atoms with Crippen molar-refractivity contribution in [1.82, 2.24) is 29.3 Å². The van der Waals surface area contributed by atoms with E-state index in [1.54, 1.807) is 38.1 Å². The van der Waals surface area contributed by atoms with E-state index >= 15 is 4.39 Å². The fourth-order valence-corrected chi connectivity index (χ4v) is 3.99. The number of benzene rings is 2. The van der Waals surface area contributed by atoms with Crippen LogP contribution in [0, 0.1) is 5.82 Å². The summed E-state index contributed by atoms with van der Waals surface area (Å²) in [5.41, 5.74) is 5.78. The lowest BCUT2D eigenvalue weighted by molar-refractivity contribution is 0.420. The van der Waals surface area contributed by atoms with Crippen LogP contribution in [0.2, 0.25) is 0 Å². The topological polar surface area (TPSA) is 70.7 Å². The highest BCUT2D eigenvalue weighted by Crippen LogP contribution is 2.39. The smallest absolute Gasteiger partial charge is 0.183 e. The van der Waals surface area contributed by atoms with Crippen LogP contribution < -0.4 is 4.74 Å². The van der Waals surface area contributed by atoms with Crippen LogP contribution >= 0.6 is 0 Å². The van der Waals surface area contributed by atoms with E-state index in [9.17, 15) is 0 Å². The van der Waals surface area contributed by atoms with Gasteiger partial charge in [0.1, 0.15) is 16.9 Å². The summed E-state index contributed by atoms with van der Waals surface area (Å²) in [5, 5.41) is 8.35. The van der Waals surface area contributed by atoms with Crippen LogP contribution in [0.25, 0.3) is 44.5 Å². The van der Waals surface area contributed by atoms with E-state index < -0.39 is 0 Å². The third-order valence-electron chi connectivity index (χ3n) is 5.60. The van der Waals surface area contributed by atoms with Crippen LogP contribution in [-0.2, 0) is 13.1 Å². The minimum absolute atomic E-state index is 0.339. The Hall–Kier alpha value is -3.81. The normalized spacial score (nSPS) is 11.5. The second kappa shape index (κ2) is 7.46. The summed E-state index contributed by atoms with van der Waals surface area (Å²) in [4.78, 5) is 9.00. The molecule has 0 fully saturated rings. The third-order valence-corrected chi connectivity index (χ3v) is 5.60. The fourth-order valence-electron chi connectivity index (χ4n) is 3.99. The van der Waals surface area contributed by atoms with Crippen molar-refractivity contribution in [3.05, 3.63) is 55.0 Å². The quantitative estimate of drug-likeness (QED) is 0.415. The van der Waals surface area contributed by atoms with Gasteiger partial charge in [0, 0.05) is 29.8 Å². The SMILES string of the molecule is CCn1cnc2c(OC)c(-c3cc(-c4cnnc5c4ncn5CC)ccc3F)ccc21. The predicted octanol–water partition coefficient (Wildman–Crippen LogP) is 4.70. The molecule has 31 heavy (non-hydrogen) atoms. The zero-order valence-corrected chi connectivity index (χ0v) is 17.5. The minimum Gasteiger partial charge on any atom is -0.494 e. The number of methoxy groups -OCH3 is 1. The number of rotatable bonds is 5. The molecule has 0 N–H and O–H groups in total. The number of aromatic nitrogens is 6. The Labute approximate surface area is 178 Å². The molecule has 3 aromatic heterocycles. The maximum atomic E-state index is 15.0. The maximum Gasteiger partial charge on any atom is 0.183 e. The van der Waals surface area contributed by atoms with Gasteiger partial charge in [-0.05, 0) is 43.7 Å². The van der Waals surface area contributed by atoms with Gasteiger partial charge in [0.2, 0.25) is 0 Å². The molecule has 5 rings (SSSR count). The Kier molecular flexibility index (Phi) is 4.62. The van der Waals surface area contributed by atoms with Gasteiger partial charge in [0.25, 0.3) is 0 Å². The fraction of sp³-hybridized carbons (Fsp3) is 0.217. The second-order valence-electron chi connectivity index (χ2n) is 7.20. The van der Waals surface area contributed by atoms with Crippen molar-refractivity contribution in [3.63, 3.8) is 0 Å². The first kappa shape index (κ1) is 19.2. The van der Waals surface area contributed by atoms with Crippen molar-refractivity contribution in [3.8, 4) is 28.0 Å². The Morgan fingerprint density at radius 1 is 0.903 bits per heavy atom. The lowest BCUT2D eigenvalue weighted by Crippen LogP contribution is -1.96. The zero-order valence-electron chi connectivity index (χ0n) is 17.5. The molecule has 0 radical (unpaired) electrons. The molecule has 2 aromatic carbocycles. The molecule has 156 valence electrons. The van der Waals surface area contributed by atoms with Crippen molar-refractivity contribution in [2.75, 3.05) is 7.11 Å². The van der Waals surface area contributed by atoms with Crippen LogP contribution in [0.15, 0.2) is 49.2 Å². The van der Waals surface area contributed by atoms with E-state index in [4.69, 9.17) is 4.74 Å². The highest BCUT2D eigenvalue weighted by Gasteiger charge is 2.19. The number of halogens is 1. The Bertz CT molecular complexity index is 1420. The number of nitrogens with zero attached hydrogens (tertiary/aromatic N) is 6. The number of ether oxygens (including phenoxy) is 1. The Morgan fingerprint density at radius 2 is 1.68 bits per heavy atom. The number of aryl methyl sites for hydroxylation is 2. The van der Waals surface area contributed by atoms with Crippen molar-refractivity contribution < 1.29 is 9.13 Å². The summed E-state index contributed by atoms with van der Waals surface area (Å²) in [5.74, 6) is 0.211. The summed E-state index contributed by atoms with van der Waals surface area (Å²) < 4.78 is 24.6. The second-order valence-corrected chi connectivity index (χ2v) is 7.20. The average molecular weight is 416 g/mol. The first-order valence-electron chi connectivity index (χ1n) is 10.1. The third kappa shape index (κ3) is 2.94. The molecule has 0 aliphatic heterocycles. The summed E-state index contributed by atoms with van der Waals surface area (Å²) >= 11 is 0. The first-order valence-corrected chi connectivity index (χ1v) is 10.1. The summed E-state index contributed by atoms with van der Waals surface area (Å²) in [6.07, 6.45) is 5.18. The van der Waals surface area contributed by atoms with E-state index in [1.807, 2.05) is 35.1 Å².